The SMILES string of the molecule is CCN(CC(=O)N[C@@H]1CCS(=O)(=O)C1)c1nc(-c2ccccc2)nc2ccccc12. The zero-order valence-electron chi connectivity index (χ0n) is 16.8. The van der Waals surface area contributed by atoms with E-state index in [0.29, 0.717) is 24.6 Å². The fourth-order valence-electron chi connectivity index (χ4n) is 3.71. The predicted molar refractivity (Wildman–Crippen MR) is 118 cm³/mol. The number of sulfone groups is 1. The molecule has 0 bridgehead atoms. The third-order valence-corrected chi connectivity index (χ3v) is 7.00. The zero-order chi connectivity index (χ0) is 21.1. The van der Waals surface area contributed by atoms with Gasteiger partial charge in [-0.2, -0.15) is 0 Å². The molecule has 8 heteroatoms. The van der Waals surface area contributed by atoms with E-state index in [9.17, 15) is 13.2 Å². The van der Waals surface area contributed by atoms with Gasteiger partial charge in [0.25, 0.3) is 0 Å². The molecule has 2 heterocycles. The van der Waals surface area contributed by atoms with E-state index in [0.717, 1.165) is 16.5 Å². The van der Waals surface area contributed by atoms with Crippen LogP contribution in [0.5, 0.6) is 0 Å². The number of anilines is 1. The molecule has 3 aromatic rings. The summed E-state index contributed by atoms with van der Waals surface area (Å²) >= 11 is 0. The van der Waals surface area contributed by atoms with E-state index >= 15 is 0 Å². The lowest BCUT2D eigenvalue weighted by molar-refractivity contribution is -0.120. The molecule has 1 N–H and O–H groups in total. The first-order valence-corrected chi connectivity index (χ1v) is 11.8. The van der Waals surface area contributed by atoms with E-state index in [1.807, 2.05) is 66.4 Å². The second-order valence-corrected chi connectivity index (χ2v) is 9.66. The largest absolute Gasteiger partial charge is 0.351 e. The van der Waals surface area contributed by atoms with Crippen molar-refractivity contribution in [3.63, 3.8) is 0 Å². The molecule has 30 heavy (non-hydrogen) atoms. The highest BCUT2D eigenvalue weighted by Crippen LogP contribution is 2.27. The Balaban J connectivity index is 1.63. The minimum atomic E-state index is -3.04. The summed E-state index contributed by atoms with van der Waals surface area (Å²) in [7, 11) is -3.04. The number of nitrogens with one attached hydrogen (secondary N) is 1. The quantitative estimate of drug-likeness (QED) is 0.653. The first-order chi connectivity index (χ1) is 14.4. The number of hydrogen-bond donors (Lipinski definition) is 1. The van der Waals surface area contributed by atoms with E-state index in [1.165, 1.54) is 0 Å². The number of likely N-dealkylation sites (N-methyl/N-ethyl adjacent to an activating group) is 1. The van der Waals surface area contributed by atoms with Crippen molar-refractivity contribution in [1.29, 1.82) is 0 Å². The molecule has 1 fully saturated rings. The third-order valence-electron chi connectivity index (χ3n) is 5.23. The normalized spacial score (nSPS) is 17.7. The molecule has 1 aliphatic rings. The van der Waals surface area contributed by atoms with Gasteiger partial charge in [0, 0.05) is 23.5 Å². The van der Waals surface area contributed by atoms with Crippen LogP contribution in [0.25, 0.3) is 22.3 Å². The van der Waals surface area contributed by atoms with Crippen molar-refractivity contribution in [3.8, 4) is 11.4 Å². The van der Waals surface area contributed by atoms with Crippen LogP contribution in [0.4, 0.5) is 5.82 Å². The summed E-state index contributed by atoms with van der Waals surface area (Å²) in [5.74, 6) is 1.23. The van der Waals surface area contributed by atoms with Gasteiger partial charge in [-0.15, -0.1) is 0 Å². The average molecular weight is 425 g/mol. The van der Waals surface area contributed by atoms with Crippen molar-refractivity contribution in [3.05, 3.63) is 54.6 Å². The molecule has 0 radical (unpaired) electrons. The molecule has 1 atom stereocenters. The minimum Gasteiger partial charge on any atom is -0.351 e. The summed E-state index contributed by atoms with van der Waals surface area (Å²) in [6.07, 6.45) is 0.467. The fourth-order valence-corrected chi connectivity index (χ4v) is 5.38. The van der Waals surface area contributed by atoms with E-state index in [1.54, 1.807) is 0 Å². The topological polar surface area (TPSA) is 92.3 Å². The Labute approximate surface area is 176 Å². The molecular formula is C22H24N4O3S. The Morgan fingerprint density at radius 3 is 2.53 bits per heavy atom. The summed E-state index contributed by atoms with van der Waals surface area (Å²) < 4.78 is 23.3. The summed E-state index contributed by atoms with van der Waals surface area (Å²) in [6, 6.07) is 17.2. The van der Waals surface area contributed by atoms with Gasteiger partial charge in [0.2, 0.25) is 5.91 Å². The minimum absolute atomic E-state index is 0.0134. The fraction of sp³-hybridized carbons (Fsp3) is 0.318. The highest BCUT2D eigenvalue weighted by atomic mass is 32.2. The van der Waals surface area contributed by atoms with Gasteiger partial charge in [-0.25, -0.2) is 18.4 Å². The monoisotopic (exact) mass is 424 g/mol. The smallest absolute Gasteiger partial charge is 0.239 e. The van der Waals surface area contributed by atoms with Crippen LogP contribution in [-0.4, -0.2) is 54.9 Å². The van der Waals surface area contributed by atoms with Crippen molar-refractivity contribution in [1.82, 2.24) is 15.3 Å². The lowest BCUT2D eigenvalue weighted by Crippen LogP contribution is -2.43. The number of para-hydroxylation sites is 1. The molecule has 2 aromatic carbocycles. The van der Waals surface area contributed by atoms with E-state index in [2.05, 4.69) is 5.32 Å². The van der Waals surface area contributed by atoms with E-state index in [-0.39, 0.29) is 30.0 Å². The lowest BCUT2D eigenvalue weighted by Gasteiger charge is -2.24. The van der Waals surface area contributed by atoms with Gasteiger partial charge in [-0.05, 0) is 25.5 Å². The summed E-state index contributed by atoms with van der Waals surface area (Å²) in [4.78, 5) is 24.0. The van der Waals surface area contributed by atoms with Crippen LogP contribution in [0, 0.1) is 0 Å². The third kappa shape index (κ3) is 4.43. The number of aromatic nitrogens is 2. The summed E-state index contributed by atoms with van der Waals surface area (Å²) in [6.45, 7) is 2.64. The Bertz CT molecular complexity index is 1170. The van der Waals surface area contributed by atoms with Gasteiger partial charge in [-0.3, -0.25) is 4.79 Å². The van der Waals surface area contributed by atoms with Crippen LogP contribution in [0.2, 0.25) is 0 Å². The maximum absolute atomic E-state index is 12.7. The molecule has 1 aliphatic heterocycles. The molecular weight excluding hydrogens is 400 g/mol. The first kappa shape index (κ1) is 20.3. The molecule has 4 rings (SSSR count). The van der Waals surface area contributed by atoms with Gasteiger partial charge in [-0.1, -0.05) is 42.5 Å². The number of benzene rings is 2. The van der Waals surface area contributed by atoms with Gasteiger partial charge in [0.15, 0.2) is 15.7 Å². The van der Waals surface area contributed by atoms with Crippen molar-refractivity contribution in [2.75, 3.05) is 29.5 Å². The Morgan fingerprint density at radius 2 is 1.83 bits per heavy atom. The van der Waals surface area contributed by atoms with Crippen molar-refractivity contribution in [2.45, 2.75) is 19.4 Å². The zero-order valence-corrected chi connectivity index (χ0v) is 17.6. The molecule has 0 saturated carbocycles. The lowest BCUT2D eigenvalue weighted by atomic mass is 10.1. The average Bonchev–Trinajstić information content (AvgIpc) is 3.10. The molecule has 156 valence electrons. The van der Waals surface area contributed by atoms with Gasteiger partial charge < -0.3 is 10.2 Å². The summed E-state index contributed by atoms with van der Waals surface area (Å²) in [5.41, 5.74) is 1.71. The molecule has 7 nitrogen and oxygen atoms in total. The van der Waals surface area contributed by atoms with Gasteiger partial charge >= 0.3 is 0 Å². The first-order valence-electron chi connectivity index (χ1n) is 10.0. The van der Waals surface area contributed by atoms with Crippen LogP contribution < -0.4 is 10.2 Å². The standard InChI is InChI=1S/C22H24N4O3S/c1-2-26(14-20(27)23-17-12-13-30(28,29)15-17)22-18-10-6-7-11-19(18)24-21(25-22)16-8-4-3-5-9-16/h3-11,17H,2,12-15H2,1H3,(H,23,27)/t17-/m1/s1. The van der Waals surface area contributed by atoms with Crippen LogP contribution in [0.15, 0.2) is 54.6 Å². The van der Waals surface area contributed by atoms with Crippen LogP contribution in [0.3, 0.4) is 0 Å². The Morgan fingerprint density at radius 1 is 1.10 bits per heavy atom. The number of rotatable bonds is 6. The van der Waals surface area contributed by atoms with E-state index < -0.39 is 9.84 Å². The molecule has 1 amide bonds. The van der Waals surface area contributed by atoms with Crippen molar-refractivity contribution < 1.29 is 13.2 Å². The van der Waals surface area contributed by atoms with E-state index in [4.69, 9.17) is 9.97 Å². The molecule has 0 aliphatic carbocycles. The second kappa shape index (κ2) is 8.39. The maximum Gasteiger partial charge on any atom is 0.239 e. The van der Waals surface area contributed by atoms with Crippen molar-refractivity contribution in [2.24, 2.45) is 0 Å². The van der Waals surface area contributed by atoms with Crippen molar-refractivity contribution >= 4 is 32.5 Å². The Hall–Kier alpha value is -3.00. The van der Waals surface area contributed by atoms with Gasteiger partial charge in [0.1, 0.15) is 5.82 Å². The molecule has 0 unspecified atom stereocenters. The molecule has 1 saturated heterocycles. The van der Waals surface area contributed by atoms with Crippen LogP contribution >= 0.6 is 0 Å². The highest BCUT2D eigenvalue weighted by Gasteiger charge is 2.29. The number of nitrogens with zero attached hydrogens (tertiary/aromatic N) is 3. The molecule has 1 aromatic heterocycles. The van der Waals surface area contributed by atoms with Gasteiger partial charge in [0.05, 0.1) is 23.6 Å². The van der Waals surface area contributed by atoms with Crippen LogP contribution in [0.1, 0.15) is 13.3 Å². The Kier molecular flexibility index (Phi) is 5.67. The number of carbonyl (C=O) groups is 1. The number of amides is 1. The number of hydrogen-bond acceptors (Lipinski definition) is 6. The summed E-state index contributed by atoms with van der Waals surface area (Å²) in [5, 5.41) is 3.73. The second-order valence-electron chi connectivity index (χ2n) is 7.44. The highest BCUT2D eigenvalue weighted by molar-refractivity contribution is 7.91. The number of fused-ring (bicyclic) bond motifs is 1. The number of carbonyl (C=O) groups excluding carboxylic acids is 1. The molecule has 0 spiro atoms. The van der Waals surface area contributed by atoms with Crippen LogP contribution in [-0.2, 0) is 14.6 Å². The predicted octanol–water partition coefficient (Wildman–Crippen LogP) is 2.43. The maximum atomic E-state index is 12.7.